The van der Waals surface area contributed by atoms with Crippen LogP contribution in [0.3, 0.4) is 0 Å². The van der Waals surface area contributed by atoms with Gasteiger partial charge in [0.05, 0.1) is 28.5 Å². The maximum Gasteiger partial charge on any atom is 0.269 e. The van der Waals surface area contributed by atoms with Gasteiger partial charge in [-0.25, -0.2) is 4.39 Å². The monoisotopic (exact) mass is 448 g/mol. The smallest absolute Gasteiger partial charge is 0.269 e. The van der Waals surface area contributed by atoms with E-state index in [0.29, 0.717) is 39.8 Å². The first-order valence-corrected chi connectivity index (χ1v) is 10.2. The fourth-order valence-electron chi connectivity index (χ4n) is 3.22. The second-order valence-electron chi connectivity index (χ2n) is 7.28. The number of aromatic amines is 1. The summed E-state index contributed by atoms with van der Waals surface area (Å²) >= 11 is 6.10. The number of carbonyl (C=O) groups excluding carboxylic acids is 1. The quantitative estimate of drug-likeness (QED) is 0.456. The number of nitrogens with one attached hydrogen (secondary N) is 2. The molecule has 2 heterocycles. The molecule has 0 aliphatic carbocycles. The Morgan fingerprint density at radius 1 is 1.19 bits per heavy atom. The lowest BCUT2D eigenvalue weighted by Gasteiger charge is -2.13. The van der Waals surface area contributed by atoms with Crippen LogP contribution in [-0.4, -0.2) is 31.9 Å². The molecule has 4 aromatic rings. The summed E-state index contributed by atoms with van der Waals surface area (Å²) in [7, 11) is 0. The molecule has 2 aromatic carbocycles. The third-order valence-electron chi connectivity index (χ3n) is 4.83. The minimum absolute atomic E-state index is 0.211. The van der Waals surface area contributed by atoms with E-state index in [1.165, 1.54) is 12.1 Å². The van der Waals surface area contributed by atoms with Crippen LogP contribution in [0.1, 0.15) is 23.0 Å². The van der Waals surface area contributed by atoms with Crippen molar-refractivity contribution in [1.29, 1.82) is 5.26 Å². The Balaban J connectivity index is 1.38. The molecule has 32 heavy (non-hydrogen) atoms. The van der Waals surface area contributed by atoms with E-state index in [1.807, 2.05) is 25.3 Å². The van der Waals surface area contributed by atoms with Gasteiger partial charge in [-0.15, -0.1) is 0 Å². The highest BCUT2D eigenvalue weighted by Gasteiger charge is 2.15. The zero-order chi connectivity index (χ0) is 22.7. The first-order chi connectivity index (χ1) is 15.4. The molecule has 2 N–H and O–H groups in total. The molecular formula is C23H18ClFN6O. The van der Waals surface area contributed by atoms with Crippen LogP contribution in [0.15, 0.2) is 60.8 Å². The number of nitriles is 1. The zero-order valence-corrected chi connectivity index (χ0v) is 17.8. The molecular weight excluding hydrogens is 431 g/mol. The van der Waals surface area contributed by atoms with Gasteiger partial charge in [-0.3, -0.25) is 14.6 Å². The molecule has 9 heteroatoms. The van der Waals surface area contributed by atoms with E-state index in [9.17, 15) is 9.18 Å². The number of H-pyrrole nitrogens is 1. The number of aromatic nitrogens is 4. The van der Waals surface area contributed by atoms with Crippen molar-refractivity contribution in [3.8, 4) is 28.6 Å². The lowest BCUT2D eigenvalue weighted by Crippen LogP contribution is -2.36. The lowest BCUT2D eigenvalue weighted by molar-refractivity contribution is 0.0931. The number of hydrogen-bond acceptors (Lipinski definition) is 4. The molecule has 160 valence electrons. The Morgan fingerprint density at radius 3 is 2.66 bits per heavy atom. The summed E-state index contributed by atoms with van der Waals surface area (Å²) in [6.07, 6.45) is 1.81. The van der Waals surface area contributed by atoms with Crippen LogP contribution < -0.4 is 5.32 Å². The number of carbonyl (C=O) groups is 1. The van der Waals surface area contributed by atoms with Gasteiger partial charge in [0.25, 0.3) is 5.91 Å². The number of benzene rings is 2. The highest BCUT2D eigenvalue weighted by atomic mass is 35.5. The van der Waals surface area contributed by atoms with Crippen LogP contribution in [0.4, 0.5) is 4.39 Å². The third-order valence-corrected chi connectivity index (χ3v) is 5.14. The van der Waals surface area contributed by atoms with Gasteiger partial charge in [0.1, 0.15) is 17.6 Å². The Kier molecular flexibility index (Phi) is 6.01. The van der Waals surface area contributed by atoms with Crippen molar-refractivity contribution in [3.63, 3.8) is 0 Å². The molecule has 2 aromatic heterocycles. The molecule has 0 spiro atoms. The van der Waals surface area contributed by atoms with Crippen molar-refractivity contribution in [1.82, 2.24) is 25.3 Å². The second kappa shape index (κ2) is 9.04. The summed E-state index contributed by atoms with van der Waals surface area (Å²) < 4.78 is 14.8. The molecule has 0 fully saturated rings. The van der Waals surface area contributed by atoms with Crippen LogP contribution in [0.25, 0.3) is 22.5 Å². The van der Waals surface area contributed by atoms with Crippen molar-refractivity contribution >= 4 is 17.5 Å². The summed E-state index contributed by atoms with van der Waals surface area (Å²) in [4.78, 5) is 12.6. The molecule has 0 bridgehead atoms. The predicted molar refractivity (Wildman–Crippen MR) is 118 cm³/mol. The molecule has 0 aliphatic heterocycles. The second-order valence-corrected chi connectivity index (χ2v) is 7.68. The normalized spacial score (nSPS) is 11.7. The standard InChI is InChI=1S/C23H18ClFN6O/c1-14(13-31-9-8-20(30-31)16-2-3-17(12-26)19(24)10-16)27-23(32)22-11-21(28-29-22)15-4-6-18(25)7-5-15/h2-11,14H,13H2,1H3,(H,27,32)(H,28,29)/t14-/m0/s1. The summed E-state index contributed by atoms with van der Waals surface area (Å²) in [5.74, 6) is -0.634. The lowest BCUT2D eigenvalue weighted by atomic mass is 10.1. The van der Waals surface area contributed by atoms with Crippen molar-refractivity contribution in [2.24, 2.45) is 0 Å². The first kappa shape index (κ1) is 21.3. The van der Waals surface area contributed by atoms with Crippen molar-refractivity contribution in [2.45, 2.75) is 19.5 Å². The number of halogens is 2. The highest BCUT2D eigenvalue weighted by Crippen LogP contribution is 2.24. The van der Waals surface area contributed by atoms with Crippen LogP contribution in [0.2, 0.25) is 5.02 Å². The van der Waals surface area contributed by atoms with E-state index in [4.69, 9.17) is 16.9 Å². The van der Waals surface area contributed by atoms with Gasteiger partial charge in [-0.2, -0.15) is 15.5 Å². The molecule has 0 aliphatic rings. The zero-order valence-electron chi connectivity index (χ0n) is 17.0. The Morgan fingerprint density at radius 2 is 1.94 bits per heavy atom. The fraction of sp³-hybridized carbons (Fsp3) is 0.130. The van der Waals surface area contributed by atoms with Crippen molar-refractivity contribution in [2.75, 3.05) is 0 Å². The predicted octanol–water partition coefficient (Wildman–Crippen LogP) is 4.42. The molecule has 4 rings (SSSR count). The third kappa shape index (κ3) is 4.68. The van der Waals surface area contributed by atoms with Crippen LogP contribution in [0.5, 0.6) is 0 Å². The van der Waals surface area contributed by atoms with Crippen LogP contribution in [-0.2, 0) is 6.54 Å². The SMILES string of the molecule is C[C@@H](Cn1ccc(-c2ccc(C#N)c(Cl)c2)n1)NC(=O)c1cc(-c2ccc(F)cc2)n[nH]1. The molecule has 0 unspecified atom stereocenters. The molecule has 0 radical (unpaired) electrons. The van der Waals surface area contributed by atoms with Crippen LogP contribution in [0, 0.1) is 17.1 Å². The van der Waals surface area contributed by atoms with Gasteiger partial charge in [-0.05, 0) is 55.5 Å². The summed E-state index contributed by atoms with van der Waals surface area (Å²) in [6.45, 7) is 2.32. The van der Waals surface area contributed by atoms with E-state index >= 15 is 0 Å². The summed E-state index contributed by atoms with van der Waals surface area (Å²) in [5, 5.41) is 23.6. The van der Waals surface area contributed by atoms with Gasteiger partial charge in [-0.1, -0.05) is 17.7 Å². The average molecular weight is 449 g/mol. The minimum Gasteiger partial charge on any atom is -0.346 e. The summed E-state index contributed by atoms with van der Waals surface area (Å²) in [5.41, 5.74) is 3.50. The van der Waals surface area contributed by atoms with Crippen molar-refractivity contribution < 1.29 is 9.18 Å². The maximum absolute atomic E-state index is 13.1. The fourth-order valence-corrected chi connectivity index (χ4v) is 3.44. The Bertz CT molecular complexity index is 1300. The number of hydrogen-bond donors (Lipinski definition) is 2. The van der Waals surface area contributed by atoms with Gasteiger partial charge >= 0.3 is 0 Å². The first-order valence-electron chi connectivity index (χ1n) is 9.78. The number of rotatable bonds is 6. The number of amides is 1. The summed E-state index contributed by atoms with van der Waals surface area (Å²) in [6, 6.07) is 16.3. The van der Waals surface area contributed by atoms with E-state index in [0.717, 1.165) is 5.56 Å². The van der Waals surface area contributed by atoms with E-state index in [2.05, 4.69) is 20.6 Å². The van der Waals surface area contributed by atoms with Crippen molar-refractivity contribution in [3.05, 3.63) is 82.9 Å². The molecule has 1 atom stereocenters. The Labute approximate surface area is 188 Å². The molecule has 0 saturated carbocycles. The maximum atomic E-state index is 13.1. The highest BCUT2D eigenvalue weighted by molar-refractivity contribution is 6.32. The van der Waals surface area contributed by atoms with Gasteiger partial charge in [0.15, 0.2) is 0 Å². The largest absolute Gasteiger partial charge is 0.346 e. The van der Waals surface area contributed by atoms with E-state index in [-0.39, 0.29) is 17.8 Å². The minimum atomic E-state index is -0.333. The number of nitrogens with zero attached hydrogens (tertiary/aromatic N) is 4. The van der Waals surface area contributed by atoms with Crippen LogP contribution >= 0.6 is 11.6 Å². The van der Waals surface area contributed by atoms with Gasteiger partial charge in [0, 0.05) is 23.4 Å². The topological polar surface area (TPSA) is 99.4 Å². The van der Waals surface area contributed by atoms with Gasteiger partial charge in [0.2, 0.25) is 0 Å². The van der Waals surface area contributed by atoms with E-state index in [1.54, 1.807) is 41.1 Å². The average Bonchev–Trinajstić information content (AvgIpc) is 3.44. The molecule has 0 saturated heterocycles. The Hall–Kier alpha value is -3.96. The molecule has 7 nitrogen and oxygen atoms in total. The van der Waals surface area contributed by atoms with E-state index < -0.39 is 0 Å². The van der Waals surface area contributed by atoms with Gasteiger partial charge < -0.3 is 5.32 Å². The molecule has 1 amide bonds.